The number of nitrogens with two attached hydrogens (primary N) is 1. The molecule has 3 heteroatoms. The molecule has 3 nitrogen and oxygen atoms in total. The molecular formula is C18H27N3. The fourth-order valence-corrected chi connectivity index (χ4v) is 3.85. The standard InChI is InChI=1S/C18H27N3/c1-2-11-21-17-10-6-5-9-16(17)20-18(21)12-14-7-3-4-8-15(14)13-19/h5-6,9-10,14-15H,2-4,7-8,11-13,19H2,1H3. The lowest BCUT2D eigenvalue weighted by Crippen LogP contribution is -2.29. The monoisotopic (exact) mass is 285 g/mol. The average molecular weight is 285 g/mol. The second kappa shape index (κ2) is 6.61. The van der Waals surface area contributed by atoms with Crippen LogP contribution in [0.2, 0.25) is 0 Å². The van der Waals surface area contributed by atoms with E-state index in [1.807, 2.05) is 0 Å². The summed E-state index contributed by atoms with van der Waals surface area (Å²) < 4.78 is 2.43. The molecule has 3 rings (SSSR count). The molecule has 0 radical (unpaired) electrons. The van der Waals surface area contributed by atoms with E-state index in [0.29, 0.717) is 5.92 Å². The van der Waals surface area contributed by atoms with E-state index < -0.39 is 0 Å². The van der Waals surface area contributed by atoms with E-state index in [9.17, 15) is 0 Å². The number of aryl methyl sites for hydroxylation is 1. The molecule has 1 aromatic heterocycles. The molecule has 2 atom stereocenters. The number of benzene rings is 1. The molecule has 2 unspecified atom stereocenters. The highest BCUT2D eigenvalue weighted by atomic mass is 15.1. The van der Waals surface area contributed by atoms with Crippen molar-refractivity contribution in [1.29, 1.82) is 0 Å². The van der Waals surface area contributed by atoms with E-state index in [1.165, 1.54) is 37.0 Å². The van der Waals surface area contributed by atoms with Crippen molar-refractivity contribution in [3.05, 3.63) is 30.1 Å². The van der Waals surface area contributed by atoms with Crippen molar-refractivity contribution in [2.45, 2.75) is 52.0 Å². The van der Waals surface area contributed by atoms with Gasteiger partial charge in [0.25, 0.3) is 0 Å². The maximum absolute atomic E-state index is 5.99. The lowest BCUT2D eigenvalue weighted by atomic mass is 9.77. The fraction of sp³-hybridized carbons (Fsp3) is 0.611. The summed E-state index contributed by atoms with van der Waals surface area (Å²) in [7, 11) is 0. The summed E-state index contributed by atoms with van der Waals surface area (Å²) in [4.78, 5) is 4.92. The smallest absolute Gasteiger partial charge is 0.110 e. The van der Waals surface area contributed by atoms with Gasteiger partial charge in [-0.1, -0.05) is 31.9 Å². The predicted molar refractivity (Wildman–Crippen MR) is 88.2 cm³/mol. The largest absolute Gasteiger partial charge is 0.330 e. The van der Waals surface area contributed by atoms with Crippen molar-refractivity contribution in [3.63, 3.8) is 0 Å². The predicted octanol–water partition coefficient (Wildman–Crippen LogP) is 3.75. The van der Waals surface area contributed by atoms with Crippen molar-refractivity contribution in [2.24, 2.45) is 17.6 Å². The van der Waals surface area contributed by atoms with E-state index in [2.05, 4.69) is 35.8 Å². The van der Waals surface area contributed by atoms with E-state index in [1.54, 1.807) is 0 Å². The maximum atomic E-state index is 5.99. The van der Waals surface area contributed by atoms with Crippen molar-refractivity contribution < 1.29 is 0 Å². The van der Waals surface area contributed by atoms with E-state index in [-0.39, 0.29) is 0 Å². The van der Waals surface area contributed by atoms with Gasteiger partial charge in [-0.3, -0.25) is 0 Å². The topological polar surface area (TPSA) is 43.8 Å². The molecule has 21 heavy (non-hydrogen) atoms. The van der Waals surface area contributed by atoms with Crippen LogP contribution in [0.5, 0.6) is 0 Å². The Balaban J connectivity index is 1.90. The van der Waals surface area contributed by atoms with Crippen LogP contribution in [0.4, 0.5) is 0 Å². The number of nitrogens with zero attached hydrogens (tertiary/aromatic N) is 2. The summed E-state index contributed by atoms with van der Waals surface area (Å²) in [6, 6.07) is 8.52. The lowest BCUT2D eigenvalue weighted by Gasteiger charge is -2.30. The molecule has 0 amide bonds. The second-order valence-corrected chi connectivity index (χ2v) is 6.41. The van der Waals surface area contributed by atoms with Gasteiger partial charge in [-0.15, -0.1) is 0 Å². The molecule has 2 aromatic rings. The van der Waals surface area contributed by atoms with Crippen molar-refractivity contribution in [1.82, 2.24) is 9.55 Å². The van der Waals surface area contributed by atoms with Crippen LogP contribution in [0.1, 0.15) is 44.9 Å². The van der Waals surface area contributed by atoms with Gasteiger partial charge in [0.2, 0.25) is 0 Å². The molecule has 0 spiro atoms. The number of aromatic nitrogens is 2. The van der Waals surface area contributed by atoms with Gasteiger partial charge in [0, 0.05) is 13.0 Å². The van der Waals surface area contributed by atoms with Gasteiger partial charge in [-0.25, -0.2) is 4.98 Å². The zero-order chi connectivity index (χ0) is 14.7. The Morgan fingerprint density at radius 2 is 1.95 bits per heavy atom. The van der Waals surface area contributed by atoms with E-state index in [4.69, 9.17) is 10.7 Å². The second-order valence-electron chi connectivity index (χ2n) is 6.41. The normalized spacial score (nSPS) is 22.8. The van der Waals surface area contributed by atoms with Gasteiger partial charge in [-0.2, -0.15) is 0 Å². The van der Waals surface area contributed by atoms with Crippen LogP contribution in [-0.2, 0) is 13.0 Å². The van der Waals surface area contributed by atoms with Gasteiger partial charge in [0.05, 0.1) is 11.0 Å². The first-order chi connectivity index (χ1) is 10.3. The number of hydrogen-bond donors (Lipinski definition) is 1. The summed E-state index contributed by atoms with van der Waals surface area (Å²) >= 11 is 0. The Hall–Kier alpha value is -1.35. The van der Waals surface area contributed by atoms with Gasteiger partial charge >= 0.3 is 0 Å². The average Bonchev–Trinajstić information content (AvgIpc) is 2.86. The third-order valence-electron chi connectivity index (χ3n) is 4.99. The highest BCUT2D eigenvalue weighted by Crippen LogP contribution is 2.32. The Kier molecular flexibility index (Phi) is 4.59. The Morgan fingerprint density at radius 1 is 1.19 bits per heavy atom. The number of para-hydroxylation sites is 2. The van der Waals surface area contributed by atoms with Crippen LogP contribution in [-0.4, -0.2) is 16.1 Å². The third kappa shape index (κ3) is 2.98. The van der Waals surface area contributed by atoms with Gasteiger partial charge in [0.1, 0.15) is 5.82 Å². The fourth-order valence-electron chi connectivity index (χ4n) is 3.85. The molecule has 1 aromatic carbocycles. The highest BCUT2D eigenvalue weighted by Gasteiger charge is 2.26. The first kappa shape index (κ1) is 14.6. The molecule has 2 N–H and O–H groups in total. The SMILES string of the molecule is CCCn1c(CC2CCCCC2CN)nc2ccccc21. The molecule has 0 saturated heterocycles. The van der Waals surface area contributed by atoms with Gasteiger partial charge in [-0.05, 0) is 49.8 Å². The molecule has 0 aliphatic heterocycles. The lowest BCUT2D eigenvalue weighted by molar-refractivity contribution is 0.237. The molecule has 1 fully saturated rings. The number of imidazole rings is 1. The minimum atomic E-state index is 0.689. The zero-order valence-electron chi connectivity index (χ0n) is 13.1. The van der Waals surface area contributed by atoms with Crippen LogP contribution in [0.25, 0.3) is 11.0 Å². The first-order valence-electron chi connectivity index (χ1n) is 8.47. The summed E-state index contributed by atoms with van der Waals surface area (Å²) in [6.45, 7) is 4.14. The maximum Gasteiger partial charge on any atom is 0.110 e. The summed E-state index contributed by atoms with van der Waals surface area (Å²) in [6.07, 6.45) is 7.57. The molecule has 1 saturated carbocycles. The minimum Gasteiger partial charge on any atom is -0.330 e. The van der Waals surface area contributed by atoms with Crippen LogP contribution in [0, 0.1) is 11.8 Å². The quantitative estimate of drug-likeness (QED) is 0.909. The summed E-state index contributed by atoms with van der Waals surface area (Å²) in [5, 5.41) is 0. The van der Waals surface area contributed by atoms with Crippen molar-refractivity contribution >= 4 is 11.0 Å². The van der Waals surface area contributed by atoms with Gasteiger partial charge in [0.15, 0.2) is 0 Å². The summed E-state index contributed by atoms with van der Waals surface area (Å²) in [5.41, 5.74) is 8.42. The molecule has 1 aliphatic rings. The minimum absolute atomic E-state index is 0.689. The first-order valence-corrected chi connectivity index (χ1v) is 8.47. The Bertz CT molecular complexity index is 587. The van der Waals surface area contributed by atoms with Crippen molar-refractivity contribution in [2.75, 3.05) is 6.54 Å². The van der Waals surface area contributed by atoms with Crippen LogP contribution < -0.4 is 5.73 Å². The number of fused-ring (bicyclic) bond motifs is 1. The summed E-state index contributed by atoms with van der Waals surface area (Å²) in [5.74, 6) is 2.67. The molecule has 114 valence electrons. The Labute approximate surface area is 127 Å². The van der Waals surface area contributed by atoms with Crippen LogP contribution >= 0.6 is 0 Å². The molecule has 0 bridgehead atoms. The molecule has 1 heterocycles. The number of hydrogen-bond acceptors (Lipinski definition) is 2. The number of rotatable bonds is 5. The van der Waals surface area contributed by atoms with Crippen LogP contribution in [0.3, 0.4) is 0 Å². The van der Waals surface area contributed by atoms with E-state index in [0.717, 1.165) is 37.4 Å². The van der Waals surface area contributed by atoms with Gasteiger partial charge < -0.3 is 10.3 Å². The molecular weight excluding hydrogens is 258 g/mol. The third-order valence-corrected chi connectivity index (χ3v) is 4.99. The Morgan fingerprint density at radius 3 is 2.71 bits per heavy atom. The van der Waals surface area contributed by atoms with Crippen LogP contribution in [0.15, 0.2) is 24.3 Å². The highest BCUT2D eigenvalue weighted by molar-refractivity contribution is 5.75. The molecule has 1 aliphatic carbocycles. The van der Waals surface area contributed by atoms with E-state index >= 15 is 0 Å². The van der Waals surface area contributed by atoms with Crippen molar-refractivity contribution in [3.8, 4) is 0 Å². The zero-order valence-corrected chi connectivity index (χ0v) is 13.1.